The Morgan fingerprint density at radius 1 is 0.760 bits per heavy atom. The third-order valence-corrected chi connectivity index (χ3v) is 4.24. The molecule has 0 atom stereocenters. The maximum Gasteiger partial charge on any atom is 0.253 e. The van der Waals surface area contributed by atoms with Gasteiger partial charge in [-0.3, -0.25) is 4.98 Å². The highest BCUT2D eigenvalue weighted by Crippen LogP contribution is 2.28. The van der Waals surface area contributed by atoms with Gasteiger partial charge in [0.1, 0.15) is 0 Å². The molecule has 2 aromatic carbocycles. The Bertz CT molecular complexity index is 1190. The molecule has 5 aromatic rings. The van der Waals surface area contributed by atoms with Crippen LogP contribution in [0.15, 0.2) is 79.3 Å². The first-order chi connectivity index (χ1) is 12.4. The first-order valence-corrected chi connectivity index (χ1v) is 8.00. The summed E-state index contributed by atoms with van der Waals surface area (Å²) in [5.74, 6) is 1.22. The van der Waals surface area contributed by atoms with Crippen LogP contribution >= 0.6 is 0 Å². The molecule has 0 fully saturated rings. The average molecular weight is 323 g/mol. The van der Waals surface area contributed by atoms with E-state index in [1.54, 1.807) is 23.1 Å². The molecule has 118 valence electrons. The van der Waals surface area contributed by atoms with Crippen molar-refractivity contribution in [2.45, 2.75) is 0 Å². The minimum Gasteiger partial charge on any atom is -0.265 e. The molecule has 25 heavy (non-hydrogen) atoms. The predicted molar refractivity (Wildman–Crippen MR) is 97.0 cm³/mol. The Kier molecular flexibility index (Phi) is 3.03. The summed E-state index contributed by atoms with van der Waals surface area (Å²) in [6.07, 6.45) is 5.25. The van der Waals surface area contributed by atoms with Crippen LogP contribution in [-0.4, -0.2) is 24.6 Å². The van der Waals surface area contributed by atoms with Crippen molar-refractivity contribution in [2.24, 2.45) is 0 Å². The Labute approximate surface area is 143 Å². The van der Waals surface area contributed by atoms with Gasteiger partial charge >= 0.3 is 0 Å². The van der Waals surface area contributed by atoms with Crippen molar-refractivity contribution in [1.29, 1.82) is 0 Å². The van der Waals surface area contributed by atoms with Crippen molar-refractivity contribution < 1.29 is 0 Å². The average Bonchev–Trinajstić information content (AvgIpc) is 3.13. The number of fused-ring (bicyclic) bond motifs is 2. The molecule has 0 bridgehead atoms. The summed E-state index contributed by atoms with van der Waals surface area (Å²) in [7, 11) is 0. The molecule has 5 heteroatoms. The van der Waals surface area contributed by atoms with Crippen molar-refractivity contribution in [3.63, 3.8) is 0 Å². The van der Waals surface area contributed by atoms with E-state index in [0.717, 1.165) is 16.8 Å². The summed E-state index contributed by atoms with van der Waals surface area (Å²) in [5, 5.41) is 7.05. The van der Waals surface area contributed by atoms with E-state index in [0.29, 0.717) is 11.6 Å². The largest absolute Gasteiger partial charge is 0.265 e. The van der Waals surface area contributed by atoms with E-state index in [2.05, 4.69) is 50.4 Å². The minimum atomic E-state index is 0.581. The number of rotatable bonds is 2. The standard InChI is InChI=1S/C20H13N5/c1-2-6-16-14(4-1)5-3-7-17(16)18-10-13-22-20-23-19(24-25(18)20)15-8-11-21-12-9-15/h1-13H. The fourth-order valence-corrected chi connectivity index (χ4v) is 3.07. The summed E-state index contributed by atoms with van der Waals surface area (Å²) < 4.78 is 1.80. The van der Waals surface area contributed by atoms with E-state index >= 15 is 0 Å². The van der Waals surface area contributed by atoms with Crippen LogP contribution in [0, 0.1) is 0 Å². The highest BCUT2D eigenvalue weighted by Gasteiger charge is 2.12. The number of nitrogens with zero attached hydrogens (tertiary/aromatic N) is 5. The van der Waals surface area contributed by atoms with Gasteiger partial charge in [-0.2, -0.15) is 9.50 Å². The molecule has 3 aromatic heterocycles. The highest BCUT2D eigenvalue weighted by atomic mass is 15.3. The molecule has 5 rings (SSSR count). The zero-order valence-electron chi connectivity index (χ0n) is 13.2. The van der Waals surface area contributed by atoms with Crippen molar-refractivity contribution in [1.82, 2.24) is 24.6 Å². The minimum absolute atomic E-state index is 0.581. The molecule has 0 spiro atoms. The second-order valence-electron chi connectivity index (χ2n) is 5.74. The fourth-order valence-electron chi connectivity index (χ4n) is 3.07. The summed E-state index contributed by atoms with van der Waals surface area (Å²) >= 11 is 0. The molecular weight excluding hydrogens is 310 g/mol. The summed E-state index contributed by atoms with van der Waals surface area (Å²) in [4.78, 5) is 13.0. The quantitative estimate of drug-likeness (QED) is 0.492. The molecule has 0 radical (unpaired) electrons. The van der Waals surface area contributed by atoms with Gasteiger partial charge in [0, 0.05) is 29.7 Å². The van der Waals surface area contributed by atoms with Crippen molar-refractivity contribution in [3.05, 3.63) is 79.3 Å². The SMILES string of the molecule is c1ccc2c(-c3ccnc4nc(-c5ccncc5)nn34)cccc2c1. The Morgan fingerprint density at radius 3 is 2.52 bits per heavy atom. The van der Waals surface area contributed by atoms with Crippen molar-refractivity contribution in [3.8, 4) is 22.6 Å². The van der Waals surface area contributed by atoms with Crippen molar-refractivity contribution >= 4 is 16.6 Å². The van der Waals surface area contributed by atoms with Crippen LogP contribution in [0.4, 0.5) is 0 Å². The van der Waals surface area contributed by atoms with Crippen LogP contribution in [-0.2, 0) is 0 Å². The van der Waals surface area contributed by atoms with E-state index < -0.39 is 0 Å². The maximum atomic E-state index is 4.68. The smallest absolute Gasteiger partial charge is 0.253 e. The van der Waals surface area contributed by atoms with Gasteiger partial charge in [-0.1, -0.05) is 42.5 Å². The Balaban J connectivity index is 1.78. The summed E-state index contributed by atoms with van der Waals surface area (Å²) in [6, 6.07) is 20.4. The first-order valence-electron chi connectivity index (χ1n) is 8.00. The molecule has 0 unspecified atom stereocenters. The van der Waals surface area contributed by atoms with E-state index in [9.17, 15) is 0 Å². The van der Waals surface area contributed by atoms with Gasteiger partial charge < -0.3 is 0 Å². The normalized spacial score (nSPS) is 11.2. The fraction of sp³-hybridized carbons (Fsp3) is 0. The van der Waals surface area contributed by atoms with E-state index in [4.69, 9.17) is 0 Å². The summed E-state index contributed by atoms with van der Waals surface area (Å²) in [6.45, 7) is 0. The molecule has 0 saturated carbocycles. The van der Waals surface area contributed by atoms with Crippen LogP contribution in [0.25, 0.3) is 39.2 Å². The van der Waals surface area contributed by atoms with E-state index in [-0.39, 0.29) is 0 Å². The van der Waals surface area contributed by atoms with Gasteiger partial charge in [0.2, 0.25) is 0 Å². The number of benzene rings is 2. The monoisotopic (exact) mass is 323 g/mol. The van der Waals surface area contributed by atoms with Crippen LogP contribution in [0.5, 0.6) is 0 Å². The molecule has 3 heterocycles. The Hall–Kier alpha value is -3.60. The van der Waals surface area contributed by atoms with Crippen LogP contribution in [0.3, 0.4) is 0 Å². The molecule has 0 aliphatic rings. The van der Waals surface area contributed by atoms with Gasteiger partial charge in [0.15, 0.2) is 5.82 Å². The third-order valence-electron chi connectivity index (χ3n) is 4.24. The van der Waals surface area contributed by atoms with Gasteiger partial charge in [0.05, 0.1) is 5.69 Å². The second-order valence-corrected chi connectivity index (χ2v) is 5.74. The van der Waals surface area contributed by atoms with Gasteiger partial charge in [-0.15, -0.1) is 5.10 Å². The Morgan fingerprint density at radius 2 is 1.60 bits per heavy atom. The lowest BCUT2D eigenvalue weighted by atomic mass is 10.0. The molecule has 0 N–H and O–H groups in total. The molecule has 0 amide bonds. The second kappa shape index (κ2) is 5.49. The number of hydrogen-bond donors (Lipinski definition) is 0. The molecule has 5 nitrogen and oxygen atoms in total. The van der Waals surface area contributed by atoms with Gasteiger partial charge in [0.25, 0.3) is 5.78 Å². The number of pyridine rings is 1. The molecule has 0 aliphatic heterocycles. The highest BCUT2D eigenvalue weighted by molar-refractivity contribution is 5.96. The zero-order valence-corrected chi connectivity index (χ0v) is 13.2. The van der Waals surface area contributed by atoms with Crippen LogP contribution in [0.2, 0.25) is 0 Å². The third kappa shape index (κ3) is 2.25. The maximum absolute atomic E-state index is 4.68. The first kappa shape index (κ1) is 13.8. The number of hydrogen-bond acceptors (Lipinski definition) is 4. The van der Waals surface area contributed by atoms with Crippen LogP contribution < -0.4 is 0 Å². The summed E-state index contributed by atoms with van der Waals surface area (Å²) in [5.41, 5.74) is 3.00. The van der Waals surface area contributed by atoms with Gasteiger partial charge in [-0.25, -0.2) is 4.98 Å². The van der Waals surface area contributed by atoms with Crippen LogP contribution in [0.1, 0.15) is 0 Å². The number of aromatic nitrogens is 5. The van der Waals surface area contributed by atoms with E-state index in [1.165, 1.54) is 10.8 Å². The predicted octanol–water partition coefficient (Wildman–Crippen LogP) is 4.01. The lowest BCUT2D eigenvalue weighted by molar-refractivity contribution is 0.952. The molecule has 0 aliphatic carbocycles. The molecule has 0 saturated heterocycles. The van der Waals surface area contributed by atoms with Gasteiger partial charge in [-0.05, 0) is 29.0 Å². The van der Waals surface area contributed by atoms with Crippen molar-refractivity contribution in [2.75, 3.05) is 0 Å². The van der Waals surface area contributed by atoms with E-state index in [1.807, 2.05) is 30.3 Å². The lowest BCUT2D eigenvalue weighted by Crippen LogP contribution is -1.96. The zero-order chi connectivity index (χ0) is 16.6. The lowest BCUT2D eigenvalue weighted by Gasteiger charge is -2.07. The topological polar surface area (TPSA) is 56.0 Å². The molecular formula is C20H13N5.